The van der Waals surface area contributed by atoms with Gasteiger partial charge in [-0.3, -0.25) is 4.40 Å². The number of rotatable bonds is 2. The minimum absolute atomic E-state index is 0.944. The van der Waals surface area contributed by atoms with Gasteiger partial charge in [-0.2, -0.15) is 9.55 Å². The van der Waals surface area contributed by atoms with Crippen molar-refractivity contribution in [3.05, 3.63) is 72.4 Å². The van der Waals surface area contributed by atoms with E-state index >= 15 is 0 Å². The third-order valence-electron chi connectivity index (χ3n) is 4.49. The van der Waals surface area contributed by atoms with Crippen LogP contribution < -0.4 is 4.57 Å². The molecule has 0 bridgehead atoms. The SMILES string of the molecule is Cc1c(C)n2ccnc2n1-c1c(-c2ccccc2)ccc[n+]1C. The number of aromatic nitrogens is 4. The highest BCUT2D eigenvalue weighted by atomic mass is 15.3. The number of pyridine rings is 1. The Labute approximate surface area is 135 Å². The molecular formula is C19H19N4+. The van der Waals surface area contributed by atoms with Gasteiger partial charge >= 0.3 is 5.78 Å². The van der Waals surface area contributed by atoms with Crippen LogP contribution in [-0.2, 0) is 7.05 Å². The van der Waals surface area contributed by atoms with Gasteiger partial charge in [0.05, 0.1) is 24.5 Å². The Morgan fingerprint density at radius 3 is 2.52 bits per heavy atom. The van der Waals surface area contributed by atoms with Crippen LogP contribution >= 0.6 is 0 Å². The van der Waals surface area contributed by atoms with Gasteiger partial charge in [0.2, 0.25) is 0 Å². The number of nitrogens with zero attached hydrogens (tertiary/aromatic N) is 4. The van der Waals surface area contributed by atoms with E-state index in [0.29, 0.717) is 0 Å². The fourth-order valence-corrected chi connectivity index (χ4v) is 3.19. The van der Waals surface area contributed by atoms with Gasteiger partial charge in [0, 0.05) is 12.4 Å². The Morgan fingerprint density at radius 1 is 0.957 bits per heavy atom. The predicted molar refractivity (Wildman–Crippen MR) is 90.6 cm³/mol. The molecule has 0 aliphatic rings. The first-order valence-corrected chi connectivity index (χ1v) is 7.74. The lowest BCUT2D eigenvalue weighted by atomic mass is 10.1. The van der Waals surface area contributed by atoms with E-state index in [4.69, 9.17) is 0 Å². The minimum Gasteiger partial charge on any atom is -0.266 e. The highest BCUT2D eigenvalue weighted by Crippen LogP contribution is 2.27. The topological polar surface area (TPSA) is 26.1 Å². The molecule has 4 rings (SSSR count). The molecule has 1 aromatic carbocycles. The molecule has 4 aromatic rings. The maximum Gasteiger partial charge on any atom is 0.311 e. The first-order chi connectivity index (χ1) is 11.2. The molecule has 0 spiro atoms. The van der Waals surface area contributed by atoms with Gasteiger partial charge in [0.15, 0.2) is 0 Å². The molecule has 4 heteroatoms. The van der Waals surface area contributed by atoms with Gasteiger partial charge in [-0.05, 0) is 31.5 Å². The number of benzene rings is 1. The van der Waals surface area contributed by atoms with Gasteiger partial charge < -0.3 is 0 Å². The molecule has 0 atom stereocenters. The van der Waals surface area contributed by atoms with Crippen LogP contribution in [0.2, 0.25) is 0 Å². The molecule has 3 heterocycles. The fourth-order valence-electron chi connectivity index (χ4n) is 3.19. The van der Waals surface area contributed by atoms with Gasteiger partial charge in [0.1, 0.15) is 5.69 Å². The average Bonchev–Trinajstić information content (AvgIpc) is 3.13. The summed E-state index contributed by atoms with van der Waals surface area (Å²) in [5.41, 5.74) is 4.81. The predicted octanol–water partition coefficient (Wildman–Crippen LogP) is 3.23. The van der Waals surface area contributed by atoms with Crippen LogP contribution in [0.3, 0.4) is 0 Å². The van der Waals surface area contributed by atoms with Crippen LogP contribution in [-0.4, -0.2) is 14.0 Å². The molecule has 114 valence electrons. The van der Waals surface area contributed by atoms with E-state index in [2.05, 4.69) is 82.0 Å². The second kappa shape index (κ2) is 5.09. The van der Waals surface area contributed by atoms with E-state index < -0.39 is 0 Å². The van der Waals surface area contributed by atoms with Crippen molar-refractivity contribution in [3.8, 4) is 16.9 Å². The second-order valence-electron chi connectivity index (χ2n) is 5.83. The van der Waals surface area contributed by atoms with Gasteiger partial charge in [-0.25, -0.2) is 4.57 Å². The fraction of sp³-hybridized carbons (Fsp3) is 0.158. The highest BCUT2D eigenvalue weighted by Gasteiger charge is 2.25. The molecule has 0 aliphatic heterocycles. The van der Waals surface area contributed by atoms with Crippen molar-refractivity contribution < 1.29 is 4.57 Å². The third kappa shape index (κ3) is 1.99. The maximum absolute atomic E-state index is 4.57. The Morgan fingerprint density at radius 2 is 1.74 bits per heavy atom. The van der Waals surface area contributed by atoms with Crippen LogP contribution in [0.1, 0.15) is 11.4 Å². The van der Waals surface area contributed by atoms with Gasteiger partial charge in [-0.15, -0.1) is 0 Å². The quantitative estimate of drug-likeness (QED) is 0.522. The zero-order valence-electron chi connectivity index (χ0n) is 13.6. The maximum atomic E-state index is 4.57. The molecule has 0 saturated heterocycles. The van der Waals surface area contributed by atoms with Gasteiger partial charge in [-0.1, -0.05) is 30.3 Å². The normalized spacial score (nSPS) is 11.3. The summed E-state index contributed by atoms with van der Waals surface area (Å²) in [7, 11) is 2.08. The molecular weight excluding hydrogens is 284 g/mol. The zero-order chi connectivity index (χ0) is 16.0. The van der Waals surface area contributed by atoms with Crippen LogP contribution in [0.5, 0.6) is 0 Å². The Balaban J connectivity index is 2.10. The van der Waals surface area contributed by atoms with Crippen molar-refractivity contribution in [3.63, 3.8) is 0 Å². The van der Waals surface area contributed by atoms with Crippen molar-refractivity contribution in [1.82, 2.24) is 14.0 Å². The van der Waals surface area contributed by atoms with E-state index in [1.54, 1.807) is 0 Å². The Bertz CT molecular complexity index is 993. The molecule has 0 aliphatic carbocycles. The van der Waals surface area contributed by atoms with Crippen LogP contribution in [0.4, 0.5) is 0 Å². The van der Waals surface area contributed by atoms with Crippen molar-refractivity contribution in [2.45, 2.75) is 13.8 Å². The van der Waals surface area contributed by atoms with E-state index in [1.807, 2.05) is 18.5 Å². The molecule has 3 aromatic heterocycles. The summed E-state index contributed by atoms with van der Waals surface area (Å²) in [6, 6.07) is 14.7. The minimum atomic E-state index is 0.944. The van der Waals surface area contributed by atoms with Crippen molar-refractivity contribution in [2.75, 3.05) is 0 Å². The zero-order valence-corrected chi connectivity index (χ0v) is 13.6. The number of fused-ring (bicyclic) bond motifs is 1. The molecule has 4 nitrogen and oxygen atoms in total. The summed E-state index contributed by atoms with van der Waals surface area (Å²) in [6.07, 6.45) is 5.94. The van der Waals surface area contributed by atoms with Gasteiger partial charge in [0.25, 0.3) is 5.82 Å². The van der Waals surface area contributed by atoms with E-state index in [-0.39, 0.29) is 0 Å². The first-order valence-electron chi connectivity index (χ1n) is 7.74. The van der Waals surface area contributed by atoms with Crippen molar-refractivity contribution in [2.24, 2.45) is 7.05 Å². The average molecular weight is 303 g/mol. The number of hydrogen-bond acceptors (Lipinski definition) is 1. The largest absolute Gasteiger partial charge is 0.311 e. The molecule has 0 radical (unpaired) electrons. The number of imidazole rings is 2. The van der Waals surface area contributed by atoms with E-state index in [0.717, 1.165) is 11.6 Å². The number of aryl methyl sites for hydroxylation is 2. The standard InChI is InChI=1S/C19H19N4/c1-14-15(2)23(19-20-11-13-22(14)19)18-17(10-7-12-21(18)3)16-8-5-4-6-9-16/h4-13H,1-3H3/q+1. The monoisotopic (exact) mass is 303 g/mol. The van der Waals surface area contributed by atoms with E-state index in [9.17, 15) is 0 Å². The Hall–Kier alpha value is -2.88. The van der Waals surface area contributed by atoms with Crippen molar-refractivity contribution in [1.29, 1.82) is 0 Å². The summed E-state index contributed by atoms with van der Waals surface area (Å²) in [4.78, 5) is 4.57. The highest BCUT2D eigenvalue weighted by molar-refractivity contribution is 5.70. The van der Waals surface area contributed by atoms with Crippen LogP contribution in [0.15, 0.2) is 61.1 Å². The second-order valence-corrected chi connectivity index (χ2v) is 5.83. The molecule has 0 N–H and O–H groups in total. The first kappa shape index (κ1) is 13.8. The van der Waals surface area contributed by atoms with Crippen molar-refractivity contribution >= 4 is 5.78 Å². The summed E-state index contributed by atoms with van der Waals surface area (Å²) >= 11 is 0. The lowest BCUT2D eigenvalue weighted by Crippen LogP contribution is -2.34. The smallest absolute Gasteiger partial charge is 0.266 e. The molecule has 0 unspecified atom stereocenters. The summed E-state index contributed by atoms with van der Waals surface area (Å²) in [5.74, 6) is 2.07. The molecule has 0 amide bonds. The third-order valence-corrected chi connectivity index (χ3v) is 4.49. The molecule has 0 saturated carbocycles. The summed E-state index contributed by atoms with van der Waals surface area (Å²) < 4.78 is 6.53. The molecule has 23 heavy (non-hydrogen) atoms. The summed E-state index contributed by atoms with van der Waals surface area (Å²) in [6.45, 7) is 4.28. The van der Waals surface area contributed by atoms with Crippen LogP contribution in [0.25, 0.3) is 22.7 Å². The molecule has 0 fully saturated rings. The lowest BCUT2D eigenvalue weighted by Gasteiger charge is -2.09. The Kier molecular flexibility index (Phi) is 3.05. The summed E-state index contributed by atoms with van der Waals surface area (Å²) in [5, 5.41) is 0. The lowest BCUT2D eigenvalue weighted by molar-refractivity contribution is -0.665. The number of hydrogen-bond donors (Lipinski definition) is 0. The van der Waals surface area contributed by atoms with E-state index in [1.165, 1.54) is 22.5 Å². The van der Waals surface area contributed by atoms with Crippen LogP contribution in [0, 0.1) is 13.8 Å².